The molecule has 116 valence electrons. The van der Waals surface area contributed by atoms with Crippen molar-refractivity contribution in [2.75, 3.05) is 13.6 Å². The number of likely N-dealkylation sites (N-methyl/N-ethyl adjacent to an activating group) is 1. The first-order valence-corrected chi connectivity index (χ1v) is 8.16. The zero-order valence-electron chi connectivity index (χ0n) is 11.8. The van der Waals surface area contributed by atoms with Gasteiger partial charge in [-0.25, -0.2) is 13.1 Å². The van der Waals surface area contributed by atoms with Crippen LogP contribution in [0.1, 0.15) is 6.92 Å². The minimum Gasteiger partial charge on any atom is -0.316 e. The quantitative estimate of drug-likeness (QED) is 0.873. The van der Waals surface area contributed by atoms with Crippen molar-refractivity contribution >= 4 is 44.8 Å². The lowest BCUT2D eigenvalue weighted by Gasteiger charge is -2.14. The number of nitrogens with one attached hydrogen (secondary N) is 2. The summed E-state index contributed by atoms with van der Waals surface area (Å²) >= 11 is 6.10. The second kappa shape index (κ2) is 7.42. The van der Waals surface area contributed by atoms with Gasteiger partial charge >= 0.3 is 0 Å². The Labute approximate surface area is 136 Å². The maximum absolute atomic E-state index is 12.5. The molecule has 1 unspecified atom stereocenters. The van der Waals surface area contributed by atoms with Crippen molar-refractivity contribution in [3.8, 4) is 0 Å². The van der Waals surface area contributed by atoms with E-state index in [0.29, 0.717) is 11.9 Å². The zero-order valence-corrected chi connectivity index (χ0v) is 14.1. The van der Waals surface area contributed by atoms with Gasteiger partial charge in [0.15, 0.2) is 0 Å². The van der Waals surface area contributed by atoms with E-state index in [-0.39, 0.29) is 28.4 Å². The highest BCUT2D eigenvalue weighted by molar-refractivity contribution is 7.89. The van der Waals surface area contributed by atoms with Crippen molar-refractivity contribution in [1.29, 1.82) is 0 Å². The molecule has 1 atom stereocenters. The molecular formula is C14H18Cl2N2O2S. The Morgan fingerprint density at radius 3 is 2.52 bits per heavy atom. The monoisotopic (exact) mass is 348 g/mol. The first kappa shape index (κ1) is 18.2. The molecule has 0 saturated heterocycles. The van der Waals surface area contributed by atoms with Crippen LogP contribution >= 0.6 is 24.0 Å². The molecule has 0 saturated carbocycles. The van der Waals surface area contributed by atoms with E-state index < -0.39 is 10.0 Å². The molecular weight excluding hydrogens is 331 g/mol. The molecule has 7 heteroatoms. The minimum absolute atomic E-state index is 0. The summed E-state index contributed by atoms with van der Waals surface area (Å²) in [7, 11) is -1.86. The molecule has 0 heterocycles. The Bertz CT molecular complexity index is 720. The van der Waals surface area contributed by atoms with Gasteiger partial charge < -0.3 is 5.32 Å². The summed E-state index contributed by atoms with van der Waals surface area (Å²) in [5.41, 5.74) is 0. The van der Waals surface area contributed by atoms with Crippen molar-refractivity contribution in [1.82, 2.24) is 10.0 Å². The van der Waals surface area contributed by atoms with Crippen LogP contribution in [-0.2, 0) is 10.0 Å². The Morgan fingerprint density at radius 1 is 1.19 bits per heavy atom. The van der Waals surface area contributed by atoms with Crippen LogP contribution in [0.4, 0.5) is 0 Å². The highest BCUT2D eigenvalue weighted by Gasteiger charge is 2.21. The predicted octanol–water partition coefficient (Wildman–Crippen LogP) is 2.80. The average molecular weight is 349 g/mol. The van der Waals surface area contributed by atoms with Crippen LogP contribution in [-0.4, -0.2) is 28.1 Å². The molecule has 0 aliphatic rings. The van der Waals surface area contributed by atoms with Gasteiger partial charge in [-0.2, -0.15) is 0 Å². The molecule has 2 N–H and O–H groups in total. The molecule has 0 bridgehead atoms. The fourth-order valence-electron chi connectivity index (χ4n) is 1.90. The lowest BCUT2D eigenvalue weighted by atomic mass is 10.1. The maximum Gasteiger partial charge on any atom is 0.242 e. The number of fused-ring (bicyclic) bond motifs is 1. The fraction of sp³-hybridized carbons (Fsp3) is 0.286. The molecule has 0 aromatic heterocycles. The Kier molecular flexibility index (Phi) is 6.43. The molecule has 0 radical (unpaired) electrons. The molecule has 2 aromatic carbocycles. The van der Waals surface area contributed by atoms with E-state index in [4.69, 9.17) is 11.6 Å². The molecule has 4 nitrogen and oxygen atoms in total. The van der Waals surface area contributed by atoms with E-state index >= 15 is 0 Å². The number of halogens is 2. The number of benzene rings is 2. The summed E-state index contributed by atoms with van der Waals surface area (Å²) in [6.45, 7) is 2.20. The summed E-state index contributed by atoms with van der Waals surface area (Å²) in [4.78, 5) is 0.139. The summed E-state index contributed by atoms with van der Waals surface area (Å²) in [5.74, 6) is 0. The standard InChI is InChI=1S/C14H17ClN2O2S.ClH/c1-10(16-2)9-17-20(18,19)14-12-6-4-3-5-11(12)7-8-13(14)15;/h3-8,10,16-17H,9H2,1-2H3;1H. The van der Waals surface area contributed by atoms with E-state index in [1.54, 1.807) is 25.2 Å². The van der Waals surface area contributed by atoms with E-state index in [1.807, 2.05) is 25.1 Å². The molecule has 2 rings (SSSR count). The number of hydrogen-bond acceptors (Lipinski definition) is 3. The fourth-order valence-corrected chi connectivity index (χ4v) is 3.78. The first-order valence-electron chi connectivity index (χ1n) is 6.30. The van der Waals surface area contributed by atoms with Crippen molar-refractivity contribution in [3.63, 3.8) is 0 Å². The van der Waals surface area contributed by atoms with Crippen LogP contribution in [0.5, 0.6) is 0 Å². The Hall–Kier alpha value is -0.850. The van der Waals surface area contributed by atoms with Gasteiger partial charge in [-0.3, -0.25) is 0 Å². The van der Waals surface area contributed by atoms with E-state index in [9.17, 15) is 8.42 Å². The Morgan fingerprint density at radius 2 is 1.86 bits per heavy atom. The smallest absolute Gasteiger partial charge is 0.242 e. The molecule has 0 spiro atoms. The third kappa shape index (κ3) is 4.08. The SMILES string of the molecule is CNC(C)CNS(=O)(=O)c1c(Cl)ccc2ccccc12.Cl. The van der Waals surface area contributed by atoms with Gasteiger partial charge in [0.05, 0.1) is 5.02 Å². The summed E-state index contributed by atoms with van der Waals surface area (Å²) < 4.78 is 27.5. The number of hydrogen-bond donors (Lipinski definition) is 2. The average Bonchev–Trinajstić information content (AvgIpc) is 2.44. The van der Waals surface area contributed by atoms with E-state index in [0.717, 1.165) is 5.39 Å². The lowest BCUT2D eigenvalue weighted by molar-refractivity contribution is 0.555. The number of sulfonamides is 1. The third-order valence-electron chi connectivity index (χ3n) is 3.17. The number of rotatable bonds is 5. The molecule has 21 heavy (non-hydrogen) atoms. The van der Waals surface area contributed by atoms with Gasteiger partial charge in [-0.05, 0) is 25.4 Å². The molecule has 0 fully saturated rings. The van der Waals surface area contributed by atoms with Gasteiger partial charge in [0.2, 0.25) is 10.0 Å². The van der Waals surface area contributed by atoms with Crippen LogP contribution < -0.4 is 10.0 Å². The Balaban J connectivity index is 0.00000220. The van der Waals surface area contributed by atoms with Gasteiger partial charge in [0.25, 0.3) is 0 Å². The van der Waals surface area contributed by atoms with E-state index in [1.165, 1.54) is 0 Å². The van der Waals surface area contributed by atoms with Gasteiger partial charge in [-0.15, -0.1) is 12.4 Å². The molecule has 0 aliphatic heterocycles. The topological polar surface area (TPSA) is 58.2 Å². The minimum atomic E-state index is -3.64. The summed E-state index contributed by atoms with van der Waals surface area (Å²) in [6, 6.07) is 10.8. The second-order valence-electron chi connectivity index (χ2n) is 4.64. The molecule has 0 aliphatic carbocycles. The lowest BCUT2D eigenvalue weighted by Crippen LogP contribution is -2.37. The van der Waals surface area contributed by atoms with Gasteiger partial charge in [0, 0.05) is 18.0 Å². The largest absolute Gasteiger partial charge is 0.316 e. The predicted molar refractivity (Wildman–Crippen MR) is 89.9 cm³/mol. The van der Waals surface area contributed by atoms with Crippen molar-refractivity contribution in [2.45, 2.75) is 17.9 Å². The van der Waals surface area contributed by atoms with E-state index in [2.05, 4.69) is 10.0 Å². The zero-order chi connectivity index (χ0) is 14.8. The second-order valence-corrected chi connectivity index (χ2v) is 6.75. The van der Waals surface area contributed by atoms with Crippen LogP contribution in [0, 0.1) is 0 Å². The van der Waals surface area contributed by atoms with Crippen molar-refractivity contribution in [2.24, 2.45) is 0 Å². The van der Waals surface area contributed by atoms with Crippen LogP contribution in [0.2, 0.25) is 5.02 Å². The van der Waals surface area contributed by atoms with Crippen molar-refractivity contribution in [3.05, 3.63) is 41.4 Å². The highest BCUT2D eigenvalue weighted by Crippen LogP contribution is 2.29. The van der Waals surface area contributed by atoms with Gasteiger partial charge in [0.1, 0.15) is 4.90 Å². The van der Waals surface area contributed by atoms with Gasteiger partial charge in [-0.1, -0.05) is 41.9 Å². The molecule has 0 amide bonds. The van der Waals surface area contributed by atoms with Crippen molar-refractivity contribution < 1.29 is 8.42 Å². The third-order valence-corrected chi connectivity index (χ3v) is 5.12. The van der Waals surface area contributed by atoms with Crippen LogP contribution in [0.15, 0.2) is 41.3 Å². The van der Waals surface area contributed by atoms with Crippen LogP contribution in [0.3, 0.4) is 0 Å². The normalized spacial score (nSPS) is 12.9. The summed E-state index contributed by atoms with van der Waals surface area (Å²) in [6.07, 6.45) is 0. The maximum atomic E-state index is 12.5. The summed E-state index contributed by atoms with van der Waals surface area (Å²) in [5, 5.41) is 4.69. The first-order chi connectivity index (χ1) is 9.45. The van der Waals surface area contributed by atoms with Crippen LogP contribution in [0.25, 0.3) is 10.8 Å². The highest BCUT2D eigenvalue weighted by atomic mass is 35.5. The molecule has 2 aromatic rings.